The van der Waals surface area contributed by atoms with Gasteiger partial charge >= 0.3 is 0 Å². The van der Waals surface area contributed by atoms with Crippen LogP contribution in [0.4, 0.5) is 0 Å². The van der Waals surface area contributed by atoms with E-state index in [1.54, 1.807) is 0 Å². The predicted octanol–water partition coefficient (Wildman–Crippen LogP) is 0.492. The van der Waals surface area contributed by atoms with Crippen molar-refractivity contribution >= 4 is 0 Å². The summed E-state index contributed by atoms with van der Waals surface area (Å²) in [4.78, 5) is 0. The normalized spacial score (nSPS) is 31.6. The first-order valence-electron chi connectivity index (χ1n) is 5.43. The Morgan fingerprint density at radius 1 is 1.38 bits per heavy atom. The molecule has 2 unspecified atom stereocenters. The van der Waals surface area contributed by atoms with Crippen molar-refractivity contribution in [2.24, 2.45) is 11.7 Å². The highest BCUT2D eigenvalue weighted by molar-refractivity contribution is 4.82. The topological polar surface area (TPSA) is 47.3 Å². The average Bonchev–Trinajstić information content (AvgIpc) is 2.52. The highest BCUT2D eigenvalue weighted by Crippen LogP contribution is 2.19. The highest BCUT2D eigenvalue weighted by Gasteiger charge is 2.24. The molecule has 1 aliphatic carbocycles. The molecule has 1 saturated carbocycles. The summed E-state index contributed by atoms with van der Waals surface area (Å²) in [6.45, 7) is 2.74. The first-order valence-corrected chi connectivity index (χ1v) is 5.43. The van der Waals surface area contributed by atoms with Gasteiger partial charge in [-0.05, 0) is 19.3 Å². The Bertz CT molecular complexity index is 153. The van der Waals surface area contributed by atoms with E-state index in [1.807, 2.05) is 0 Å². The monoisotopic (exact) mass is 184 g/mol. The van der Waals surface area contributed by atoms with Crippen LogP contribution in [0.5, 0.6) is 0 Å². The van der Waals surface area contributed by atoms with Gasteiger partial charge in [0.05, 0.1) is 6.61 Å². The van der Waals surface area contributed by atoms with E-state index in [1.165, 1.54) is 19.3 Å². The van der Waals surface area contributed by atoms with Crippen LogP contribution < -0.4 is 11.1 Å². The molecule has 3 heteroatoms. The third kappa shape index (κ3) is 2.42. The lowest BCUT2D eigenvalue weighted by atomic mass is 9.92. The lowest BCUT2D eigenvalue weighted by molar-refractivity contribution is 0.179. The van der Waals surface area contributed by atoms with Crippen molar-refractivity contribution < 1.29 is 4.74 Å². The second-order valence-corrected chi connectivity index (χ2v) is 4.32. The second kappa shape index (κ2) is 4.40. The van der Waals surface area contributed by atoms with Gasteiger partial charge in [-0.15, -0.1) is 0 Å². The predicted molar refractivity (Wildman–Crippen MR) is 52.5 cm³/mol. The minimum Gasteiger partial charge on any atom is -0.381 e. The van der Waals surface area contributed by atoms with Crippen LogP contribution in [-0.4, -0.2) is 31.8 Å². The zero-order valence-corrected chi connectivity index (χ0v) is 8.17. The number of rotatable bonds is 4. The lowest BCUT2D eigenvalue weighted by Crippen LogP contribution is -2.45. The fraction of sp³-hybridized carbons (Fsp3) is 1.00. The lowest BCUT2D eigenvalue weighted by Gasteiger charge is -2.29. The quantitative estimate of drug-likeness (QED) is 0.668. The van der Waals surface area contributed by atoms with Crippen molar-refractivity contribution in [3.05, 3.63) is 0 Å². The standard InChI is InChI=1S/C10H20N2O/c11-10(8-4-5-13-7-8)6-12-9-2-1-3-9/h8-10,12H,1-7,11H2. The van der Waals surface area contributed by atoms with Crippen molar-refractivity contribution in [3.63, 3.8) is 0 Å². The Balaban J connectivity index is 1.62. The highest BCUT2D eigenvalue weighted by atomic mass is 16.5. The number of hydrogen-bond acceptors (Lipinski definition) is 3. The Labute approximate surface area is 80.0 Å². The van der Waals surface area contributed by atoms with Gasteiger partial charge < -0.3 is 15.8 Å². The van der Waals surface area contributed by atoms with Crippen molar-refractivity contribution in [3.8, 4) is 0 Å². The molecule has 76 valence electrons. The smallest absolute Gasteiger partial charge is 0.0510 e. The maximum absolute atomic E-state index is 6.06. The van der Waals surface area contributed by atoms with E-state index in [-0.39, 0.29) is 0 Å². The zero-order valence-electron chi connectivity index (χ0n) is 8.17. The van der Waals surface area contributed by atoms with Crippen molar-refractivity contribution in [1.82, 2.24) is 5.32 Å². The van der Waals surface area contributed by atoms with Gasteiger partial charge in [-0.25, -0.2) is 0 Å². The first kappa shape index (κ1) is 9.44. The molecular formula is C10H20N2O. The summed E-state index contributed by atoms with van der Waals surface area (Å²) in [5.41, 5.74) is 6.06. The molecule has 0 amide bonds. The number of hydrogen-bond donors (Lipinski definition) is 2. The van der Waals surface area contributed by atoms with Gasteiger partial charge in [0, 0.05) is 31.2 Å². The molecule has 0 bridgehead atoms. The molecule has 1 saturated heterocycles. The molecule has 1 aliphatic heterocycles. The summed E-state index contributed by atoms with van der Waals surface area (Å²) in [6.07, 6.45) is 5.22. The van der Waals surface area contributed by atoms with Gasteiger partial charge in [0.25, 0.3) is 0 Å². The molecule has 13 heavy (non-hydrogen) atoms. The molecule has 2 aliphatic rings. The number of nitrogens with one attached hydrogen (secondary N) is 1. The maximum Gasteiger partial charge on any atom is 0.0510 e. The van der Waals surface area contributed by atoms with Gasteiger partial charge in [0.2, 0.25) is 0 Å². The van der Waals surface area contributed by atoms with Gasteiger partial charge in [0.1, 0.15) is 0 Å². The summed E-state index contributed by atoms with van der Waals surface area (Å²) in [6, 6.07) is 1.05. The van der Waals surface area contributed by atoms with Crippen LogP contribution in [-0.2, 0) is 4.74 Å². The van der Waals surface area contributed by atoms with E-state index in [0.717, 1.165) is 32.2 Å². The maximum atomic E-state index is 6.06. The Kier molecular flexibility index (Phi) is 3.19. The number of ether oxygens (including phenoxy) is 1. The first-order chi connectivity index (χ1) is 6.36. The van der Waals surface area contributed by atoms with Gasteiger partial charge in [-0.3, -0.25) is 0 Å². The van der Waals surface area contributed by atoms with E-state index in [4.69, 9.17) is 10.5 Å². The molecule has 0 radical (unpaired) electrons. The molecule has 0 aromatic heterocycles. The van der Waals surface area contributed by atoms with Crippen LogP contribution in [0.2, 0.25) is 0 Å². The molecular weight excluding hydrogens is 164 g/mol. The molecule has 2 atom stereocenters. The minimum absolute atomic E-state index is 0.295. The van der Waals surface area contributed by atoms with Crippen molar-refractivity contribution in [2.75, 3.05) is 19.8 Å². The van der Waals surface area contributed by atoms with Gasteiger partial charge in [-0.2, -0.15) is 0 Å². The van der Waals surface area contributed by atoms with E-state index in [0.29, 0.717) is 12.0 Å². The largest absolute Gasteiger partial charge is 0.381 e. The van der Waals surface area contributed by atoms with Crippen LogP contribution in [0.25, 0.3) is 0 Å². The van der Waals surface area contributed by atoms with Crippen LogP contribution in [0.1, 0.15) is 25.7 Å². The van der Waals surface area contributed by atoms with Gasteiger partial charge in [-0.1, -0.05) is 6.42 Å². The average molecular weight is 184 g/mol. The van der Waals surface area contributed by atoms with Crippen LogP contribution in [0.15, 0.2) is 0 Å². The Morgan fingerprint density at radius 2 is 2.23 bits per heavy atom. The van der Waals surface area contributed by atoms with Crippen LogP contribution in [0, 0.1) is 5.92 Å². The van der Waals surface area contributed by atoms with E-state index in [2.05, 4.69) is 5.32 Å². The van der Waals surface area contributed by atoms with E-state index in [9.17, 15) is 0 Å². The SMILES string of the molecule is NC(CNC1CCC1)C1CCOC1. The molecule has 3 N–H and O–H groups in total. The third-order valence-electron chi connectivity index (χ3n) is 3.32. The molecule has 0 aromatic carbocycles. The van der Waals surface area contributed by atoms with Crippen molar-refractivity contribution in [2.45, 2.75) is 37.8 Å². The van der Waals surface area contributed by atoms with Crippen molar-refractivity contribution in [1.29, 1.82) is 0 Å². The summed E-state index contributed by atoms with van der Waals surface area (Å²) in [7, 11) is 0. The van der Waals surface area contributed by atoms with Gasteiger partial charge in [0.15, 0.2) is 0 Å². The fourth-order valence-corrected chi connectivity index (χ4v) is 1.97. The van der Waals surface area contributed by atoms with E-state index < -0.39 is 0 Å². The second-order valence-electron chi connectivity index (χ2n) is 4.32. The third-order valence-corrected chi connectivity index (χ3v) is 3.32. The van der Waals surface area contributed by atoms with Crippen LogP contribution in [0.3, 0.4) is 0 Å². The molecule has 3 nitrogen and oxygen atoms in total. The molecule has 1 heterocycles. The van der Waals surface area contributed by atoms with E-state index >= 15 is 0 Å². The summed E-state index contributed by atoms with van der Waals surface area (Å²) in [5.74, 6) is 0.590. The Morgan fingerprint density at radius 3 is 2.77 bits per heavy atom. The minimum atomic E-state index is 0.295. The fourth-order valence-electron chi connectivity index (χ4n) is 1.97. The summed E-state index contributed by atoms with van der Waals surface area (Å²) < 4.78 is 5.32. The number of nitrogens with two attached hydrogens (primary N) is 1. The molecule has 2 fully saturated rings. The molecule has 2 rings (SSSR count). The molecule has 0 aromatic rings. The van der Waals surface area contributed by atoms with Crippen LogP contribution >= 0.6 is 0 Å². The summed E-state index contributed by atoms with van der Waals surface area (Å²) >= 11 is 0. The zero-order chi connectivity index (χ0) is 9.10. The molecule has 0 spiro atoms. The summed E-state index contributed by atoms with van der Waals surface area (Å²) in [5, 5.41) is 3.52. The Hall–Kier alpha value is -0.120.